The Hall–Kier alpha value is -0.590. The summed E-state index contributed by atoms with van der Waals surface area (Å²) in [5.74, 6) is -0.150. The molecule has 2 heterocycles. The van der Waals surface area contributed by atoms with Crippen LogP contribution in [0.4, 0.5) is 0 Å². The van der Waals surface area contributed by atoms with Gasteiger partial charge in [0.05, 0.1) is 6.54 Å². The van der Waals surface area contributed by atoms with Crippen LogP contribution in [0.3, 0.4) is 0 Å². The molecule has 1 aromatic heterocycles. The molecule has 1 atom stereocenters. The Morgan fingerprint density at radius 2 is 2.31 bits per heavy atom. The van der Waals surface area contributed by atoms with Crippen LogP contribution in [0, 0.1) is 0 Å². The first-order valence-corrected chi connectivity index (χ1v) is 7.95. The second kappa shape index (κ2) is 4.35. The van der Waals surface area contributed by atoms with Gasteiger partial charge in [-0.05, 0) is 11.4 Å². The fraction of sp³-hybridized carbons (Fsp3) is 0.444. The smallest absolute Gasteiger partial charge is 0.237 e. The van der Waals surface area contributed by atoms with Crippen molar-refractivity contribution in [3.63, 3.8) is 0 Å². The zero-order chi connectivity index (χ0) is 11.8. The number of hydrogen-bond acceptors (Lipinski definition) is 4. The largest absolute Gasteiger partial charge is 0.336 e. The number of likely N-dealkylation sites (tertiary alicyclic amines) is 1. The maximum absolute atomic E-state index is 11.6. The van der Waals surface area contributed by atoms with E-state index in [1.54, 1.807) is 11.3 Å². The van der Waals surface area contributed by atoms with Crippen LogP contribution in [0.2, 0.25) is 0 Å². The Balaban J connectivity index is 2.06. The van der Waals surface area contributed by atoms with Crippen molar-refractivity contribution in [2.24, 2.45) is 0 Å². The third kappa shape index (κ3) is 2.56. The summed E-state index contributed by atoms with van der Waals surface area (Å²) in [5.41, 5.74) is 0. The Bertz CT molecular complexity index is 483. The lowest BCUT2D eigenvalue weighted by Gasteiger charge is -2.14. The zero-order valence-corrected chi connectivity index (χ0v) is 10.7. The van der Waals surface area contributed by atoms with E-state index in [1.165, 1.54) is 4.90 Å². The average Bonchev–Trinajstić information content (AvgIpc) is 2.76. The standard InChI is InChI=1S/C9H10ClNO3S2/c10-16(13,14)8-4-9(12)11(6-8)5-7-2-1-3-15-7/h1-3,8H,4-6H2. The zero-order valence-electron chi connectivity index (χ0n) is 8.30. The molecule has 2 rings (SSSR count). The maximum atomic E-state index is 11.6. The molecule has 1 aromatic rings. The van der Waals surface area contributed by atoms with Gasteiger partial charge in [-0.25, -0.2) is 8.42 Å². The van der Waals surface area contributed by atoms with Crippen molar-refractivity contribution in [1.82, 2.24) is 4.90 Å². The Labute approximate surface area is 102 Å². The minimum atomic E-state index is -3.63. The molecule has 0 radical (unpaired) electrons. The van der Waals surface area contributed by atoms with E-state index in [9.17, 15) is 13.2 Å². The van der Waals surface area contributed by atoms with Gasteiger partial charge >= 0.3 is 0 Å². The summed E-state index contributed by atoms with van der Waals surface area (Å²) in [5, 5.41) is 1.16. The van der Waals surface area contributed by atoms with Crippen LogP contribution in [0.1, 0.15) is 11.3 Å². The molecular weight excluding hydrogens is 270 g/mol. The quantitative estimate of drug-likeness (QED) is 0.787. The molecule has 1 unspecified atom stereocenters. The first kappa shape index (κ1) is 11.9. The van der Waals surface area contributed by atoms with Gasteiger partial charge in [0.1, 0.15) is 5.25 Å². The third-order valence-corrected chi connectivity index (χ3v) is 5.23. The number of amides is 1. The Morgan fingerprint density at radius 3 is 2.81 bits per heavy atom. The molecule has 0 aliphatic carbocycles. The molecule has 0 spiro atoms. The molecule has 16 heavy (non-hydrogen) atoms. The fourth-order valence-corrected chi connectivity index (χ4v) is 3.45. The van der Waals surface area contributed by atoms with Gasteiger partial charge in [-0.3, -0.25) is 4.79 Å². The monoisotopic (exact) mass is 279 g/mol. The summed E-state index contributed by atoms with van der Waals surface area (Å²) in [6.45, 7) is 0.669. The summed E-state index contributed by atoms with van der Waals surface area (Å²) in [6.07, 6.45) is -0.00277. The maximum Gasteiger partial charge on any atom is 0.237 e. The normalized spacial score (nSPS) is 21.7. The van der Waals surface area contributed by atoms with Gasteiger partial charge in [-0.1, -0.05) is 6.07 Å². The molecule has 4 nitrogen and oxygen atoms in total. The second-order valence-electron chi connectivity index (χ2n) is 3.66. The van der Waals surface area contributed by atoms with Crippen molar-refractivity contribution >= 4 is 37.0 Å². The average molecular weight is 280 g/mol. The van der Waals surface area contributed by atoms with Crippen molar-refractivity contribution in [3.05, 3.63) is 22.4 Å². The van der Waals surface area contributed by atoms with Gasteiger partial charge in [0, 0.05) is 28.5 Å². The topological polar surface area (TPSA) is 54.5 Å². The van der Waals surface area contributed by atoms with Crippen molar-refractivity contribution in [3.8, 4) is 0 Å². The van der Waals surface area contributed by atoms with E-state index in [0.717, 1.165) is 4.88 Å². The summed E-state index contributed by atoms with van der Waals surface area (Å²) < 4.78 is 22.2. The third-order valence-electron chi connectivity index (χ3n) is 2.50. The first-order chi connectivity index (χ1) is 7.47. The Morgan fingerprint density at radius 1 is 1.56 bits per heavy atom. The lowest BCUT2D eigenvalue weighted by atomic mass is 10.4. The lowest BCUT2D eigenvalue weighted by Crippen LogP contribution is -2.26. The van der Waals surface area contributed by atoms with E-state index in [2.05, 4.69) is 0 Å². The second-order valence-corrected chi connectivity index (χ2v) is 7.60. The van der Waals surface area contributed by atoms with Crippen LogP contribution < -0.4 is 0 Å². The molecule has 7 heteroatoms. The van der Waals surface area contributed by atoms with Gasteiger partial charge in [-0.15, -0.1) is 11.3 Å². The highest BCUT2D eigenvalue weighted by Crippen LogP contribution is 2.23. The van der Waals surface area contributed by atoms with Crippen LogP contribution in [-0.4, -0.2) is 31.0 Å². The van der Waals surface area contributed by atoms with E-state index in [-0.39, 0.29) is 18.9 Å². The predicted octanol–water partition coefficient (Wildman–Crippen LogP) is 1.42. The molecular formula is C9H10ClNO3S2. The molecule has 0 aromatic carbocycles. The number of hydrogen-bond donors (Lipinski definition) is 0. The molecule has 0 bridgehead atoms. The molecule has 1 amide bonds. The molecule has 1 fully saturated rings. The van der Waals surface area contributed by atoms with Crippen LogP contribution >= 0.6 is 22.0 Å². The Kier molecular flexibility index (Phi) is 3.23. The lowest BCUT2D eigenvalue weighted by molar-refractivity contribution is -0.128. The van der Waals surface area contributed by atoms with Crippen LogP contribution in [0.5, 0.6) is 0 Å². The number of nitrogens with zero attached hydrogens (tertiary/aromatic N) is 1. The van der Waals surface area contributed by atoms with Gasteiger partial charge < -0.3 is 4.90 Å². The van der Waals surface area contributed by atoms with Crippen molar-refractivity contribution in [2.45, 2.75) is 18.2 Å². The SMILES string of the molecule is O=C1CC(S(=O)(=O)Cl)CN1Cc1cccs1. The number of rotatable bonds is 3. The van der Waals surface area contributed by atoms with E-state index in [0.29, 0.717) is 6.54 Å². The highest BCUT2D eigenvalue weighted by molar-refractivity contribution is 8.14. The molecule has 1 aliphatic heterocycles. The molecule has 1 aliphatic rings. The predicted molar refractivity (Wildman–Crippen MR) is 62.9 cm³/mol. The summed E-state index contributed by atoms with van der Waals surface area (Å²) in [7, 11) is 1.61. The van der Waals surface area contributed by atoms with Crippen molar-refractivity contribution in [1.29, 1.82) is 0 Å². The van der Waals surface area contributed by atoms with Gasteiger partial charge in [0.25, 0.3) is 0 Å². The van der Waals surface area contributed by atoms with E-state index < -0.39 is 14.3 Å². The summed E-state index contributed by atoms with van der Waals surface area (Å²) >= 11 is 1.54. The summed E-state index contributed by atoms with van der Waals surface area (Å²) in [4.78, 5) is 14.1. The molecule has 0 saturated carbocycles. The van der Waals surface area contributed by atoms with Crippen LogP contribution in [0.25, 0.3) is 0 Å². The summed E-state index contributed by atoms with van der Waals surface area (Å²) in [6, 6.07) is 3.82. The minimum absolute atomic E-state index is 0.00277. The number of halogens is 1. The van der Waals surface area contributed by atoms with E-state index in [1.807, 2.05) is 17.5 Å². The fourth-order valence-electron chi connectivity index (χ4n) is 1.67. The van der Waals surface area contributed by atoms with Gasteiger partial charge in [0.15, 0.2) is 0 Å². The highest BCUT2D eigenvalue weighted by atomic mass is 35.7. The minimum Gasteiger partial charge on any atom is -0.336 e. The molecule has 0 N–H and O–H groups in total. The molecule has 1 saturated heterocycles. The first-order valence-electron chi connectivity index (χ1n) is 4.70. The highest BCUT2D eigenvalue weighted by Gasteiger charge is 2.37. The van der Waals surface area contributed by atoms with Crippen LogP contribution in [-0.2, 0) is 20.4 Å². The number of carbonyl (C=O) groups is 1. The van der Waals surface area contributed by atoms with Crippen molar-refractivity contribution in [2.75, 3.05) is 6.54 Å². The van der Waals surface area contributed by atoms with Crippen LogP contribution in [0.15, 0.2) is 17.5 Å². The van der Waals surface area contributed by atoms with Crippen molar-refractivity contribution < 1.29 is 13.2 Å². The molecule has 88 valence electrons. The van der Waals surface area contributed by atoms with E-state index in [4.69, 9.17) is 10.7 Å². The van der Waals surface area contributed by atoms with Gasteiger partial charge in [0.2, 0.25) is 15.0 Å². The number of thiophene rings is 1. The van der Waals surface area contributed by atoms with Gasteiger partial charge in [-0.2, -0.15) is 0 Å². The van der Waals surface area contributed by atoms with E-state index >= 15 is 0 Å². The number of carbonyl (C=O) groups excluding carboxylic acids is 1.